The molecule has 4 rings (SSSR count). The summed E-state index contributed by atoms with van der Waals surface area (Å²) >= 11 is 0. The molecule has 1 saturated heterocycles. The van der Waals surface area contributed by atoms with Gasteiger partial charge in [-0.1, -0.05) is 12.1 Å². The summed E-state index contributed by atoms with van der Waals surface area (Å²) in [6.45, 7) is 10.2. The number of nitrogen functional groups attached to an aromatic ring is 1. The average Bonchev–Trinajstić information content (AvgIpc) is 3.17. The molecule has 176 valence electrons. The number of hydrogen-bond donors (Lipinski definition) is 2. The van der Waals surface area contributed by atoms with Crippen molar-refractivity contribution >= 4 is 22.8 Å². The lowest BCUT2D eigenvalue weighted by Gasteiger charge is -2.34. The number of carbonyl (C=O) groups excluding carboxylic acids is 1. The number of fused-ring (bicyclic) bond motifs is 1. The van der Waals surface area contributed by atoms with Crippen molar-refractivity contribution in [1.29, 1.82) is 0 Å². The smallest absolute Gasteiger partial charge is 0.253 e. The average molecular weight is 452 g/mol. The Hall–Kier alpha value is -3.01. The minimum atomic E-state index is -0.119. The molecule has 0 unspecified atom stereocenters. The first-order chi connectivity index (χ1) is 16.2. The summed E-state index contributed by atoms with van der Waals surface area (Å²) in [5, 5.41) is 2.98. The fourth-order valence-electron chi connectivity index (χ4n) is 4.16. The maximum absolute atomic E-state index is 12.3. The van der Waals surface area contributed by atoms with Crippen LogP contribution in [0.1, 0.15) is 23.1 Å². The molecule has 0 spiro atoms. The van der Waals surface area contributed by atoms with E-state index in [0.29, 0.717) is 31.0 Å². The number of imidazole rings is 1. The van der Waals surface area contributed by atoms with Gasteiger partial charge in [0.1, 0.15) is 11.3 Å². The molecule has 0 bridgehead atoms. The molecular formula is C24H33N7O2. The largest absolute Gasteiger partial charge is 0.398 e. The number of amides is 1. The number of rotatable bonds is 10. The van der Waals surface area contributed by atoms with Crippen LogP contribution in [0.3, 0.4) is 0 Å². The SMILES string of the molecule is CCOCCn1c(CN2CCN(CCNC(=O)c3ccccc3N)CC2)nc2cccnc21. The molecule has 3 N–H and O–H groups in total. The number of carbonyl (C=O) groups is 1. The predicted octanol–water partition coefficient (Wildman–Crippen LogP) is 1.60. The van der Waals surface area contributed by atoms with Crippen molar-refractivity contribution in [2.45, 2.75) is 20.0 Å². The standard InChI is InChI=1S/C24H33N7O2/c1-2-33-17-16-31-22(28-21-8-5-9-26-23(21)31)18-30-14-12-29(13-15-30)11-10-27-24(32)19-6-3-4-7-20(19)25/h3-9H,2,10-18,25H2,1H3,(H,27,32). The van der Waals surface area contributed by atoms with Crippen LogP contribution in [-0.4, -0.2) is 82.7 Å². The number of nitrogens with one attached hydrogen (secondary N) is 1. The van der Waals surface area contributed by atoms with Gasteiger partial charge in [-0.25, -0.2) is 9.97 Å². The molecule has 9 heteroatoms. The number of benzene rings is 1. The molecule has 3 aromatic rings. The Balaban J connectivity index is 1.26. The summed E-state index contributed by atoms with van der Waals surface area (Å²) < 4.78 is 7.75. The van der Waals surface area contributed by atoms with Crippen LogP contribution in [0.4, 0.5) is 5.69 Å². The van der Waals surface area contributed by atoms with Gasteiger partial charge in [0.15, 0.2) is 5.65 Å². The maximum atomic E-state index is 12.3. The zero-order valence-electron chi connectivity index (χ0n) is 19.2. The summed E-state index contributed by atoms with van der Waals surface area (Å²) in [7, 11) is 0. The lowest BCUT2D eigenvalue weighted by atomic mass is 10.1. The number of hydrogen-bond acceptors (Lipinski definition) is 7. The number of piperazine rings is 1. The molecule has 0 aliphatic carbocycles. The maximum Gasteiger partial charge on any atom is 0.253 e. The van der Waals surface area contributed by atoms with Crippen LogP contribution in [0.15, 0.2) is 42.6 Å². The van der Waals surface area contributed by atoms with Gasteiger partial charge in [-0.15, -0.1) is 0 Å². The van der Waals surface area contributed by atoms with Crippen LogP contribution in [0.25, 0.3) is 11.2 Å². The Bertz CT molecular complexity index is 1060. The van der Waals surface area contributed by atoms with Crippen LogP contribution in [0, 0.1) is 0 Å². The van der Waals surface area contributed by atoms with Crippen molar-refractivity contribution in [1.82, 2.24) is 29.7 Å². The van der Waals surface area contributed by atoms with Gasteiger partial charge >= 0.3 is 0 Å². The molecule has 33 heavy (non-hydrogen) atoms. The summed E-state index contributed by atoms with van der Waals surface area (Å²) in [5.74, 6) is 0.913. The van der Waals surface area contributed by atoms with Gasteiger partial charge in [0.05, 0.1) is 18.7 Å². The van der Waals surface area contributed by atoms with E-state index in [2.05, 4.69) is 24.7 Å². The number of aromatic nitrogens is 3. The van der Waals surface area contributed by atoms with E-state index in [9.17, 15) is 4.79 Å². The number of nitrogens with zero attached hydrogens (tertiary/aromatic N) is 5. The predicted molar refractivity (Wildman–Crippen MR) is 129 cm³/mol. The number of anilines is 1. The van der Waals surface area contributed by atoms with E-state index in [1.165, 1.54) is 0 Å². The van der Waals surface area contributed by atoms with E-state index in [4.69, 9.17) is 15.5 Å². The van der Waals surface area contributed by atoms with Crippen molar-refractivity contribution in [3.05, 3.63) is 54.0 Å². The van der Waals surface area contributed by atoms with Crippen molar-refractivity contribution in [3.63, 3.8) is 0 Å². The van der Waals surface area contributed by atoms with E-state index in [0.717, 1.165) is 62.8 Å². The fourth-order valence-corrected chi connectivity index (χ4v) is 4.16. The minimum absolute atomic E-state index is 0.119. The topological polar surface area (TPSA) is 102 Å². The van der Waals surface area contributed by atoms with Crippen LogP contribution in [-0.2, 0) is 17.8 Å². The number of para-hydroxylation sites is 1. The molecule has 1 aromatic carbocycles. The lowest BCUT2D eigenvalue weighted by molar-refractivity contribution is 0.0933. The van der Waals surface area contributed by atoms with Gasteiger partial charge in [0, 0.05) is 64.3 Å². The Kier molecular flexibility index (Phi) is 7.87. The summed E-state index contributed by atoms with van der Waals surface area (Å²) in [5.41, 5.74) is 8.77. The van der Waals surface area contributed by atoms with Crippen LogP contribution in [0.5, 0.6) is 0 Å². The molecule has 0 radical (unpaired) electrons. The van der Waals surface area contributed by atoms with Crippen molar-refractivity contribution in [2.75, 3.05) is 58.2 Å². The molecule has 1 amide bonds. The monoisotopic (exact) mass is 451 g/mol. The molecule has 1 aliphatic heterocycles. The second kappa shape index (κ2) is 11.2. The third-order valence-corrected chi connectivity index (χ3v) is 6.00. The van der Waals surface area contributed by atoms with E-state index < -0.39 is 0 Å². The Morgan fingerprint density at radius 2 is 1.88 bits per heavy atom. The second-order valence-electron chi connectivity index (χ2n) is 8.18. The molecule has 1 aliphatic rings. The summed E-state index contributed by atoms with van der Waals surface area (Å²) in [4.78, 5) is 26.5. The zero-order chi connectivity index (χ0) is 23.0. The van der Waals surface area contributed by atoms with Gasteiger partial charge in [0.25, 0.3) is 5.91 Å². The Labute approximate surface area is 194 Å². The van der Waals surface area contributed by atoms with Gasteiger partial charge in [-0.3, -0.25) is 14.6 Å². The van der Waals surface area contributed by atoms with Crippen molar-refractivity contribution in [3.8, 4) is 0 Å². The molecule has 9 nitrogen and oxygen atoms in total. The number of pyridine rings is 1. The quantitative estimate of drug-likeness (QED) is 0.357. The zero-order valence-corrected chi connectivity index (χ0v) is 19.2. The summed E-state index contributed by atoms with van der Waals surface area (Å²) in [6.07, 6.45) is 1.81. The molecule has 1 fully saturated rings. The van der Waals surface area contributed by atoms with Gasteiger partial charge in [-0.2, -0.15) is 0 Å². The van der Waals surface area contributed by atoms with Gasteiger partial charge in [-0.05, 0) is 31.2 Å². The van der Waals surface area contributed by atoms with Crippen LogP contribution < -0.4 is 11.1 Å². The van der Waals surface area contributed by atoms with Crippen molar-refractivity contribution < 1.29 is 9.53 Å². The Morgan fingerprint density at radius 3 is 2.67 bits per heavy atom. The fraction of sp³-hybridized carbons (Fsp3) is 0.458. The Morgan fingerprint density at radius 1 is 1.09 bits per heavy atom. The molecule has 3 heterocycles. The second-order valence-corrected chi connectivity index (χ2v) is 8.18. The van der Waals surface area contributed by atoms with E-state index >= 15 is 0 Å². The molecule has 0 atom stereocenters. The third-order valence-electron chi connectivity index (χ3n) is 6.00. The van der Waals surface area contributed by atoms with E-state index in [-0.39, 0.29) is 5.91 Å². The third kappa shape index (κ3) is 5.87. The summed E-state index contributed by atoms with van der Waals surface area (Å²) in [6, 6.07) is 11.1. The molecule has 0 saturated carbocycles. The van der Waals surface area contributed by atoms with Crippen molar-refractivity contribution in [2.24, 2.45) is 0 Å². The lowest BCUT2D eigenvalue weighted by Crippen LogP contribution is -2.48. The number of nitrogens with two attached hydrogens (primary N) is 1. The highest BCUT2D eigenvalue weighted by Gasteiger charge is 2.20. The number of ether oxygens (including phenoxy) is 1. The van der Waals surface area contributed by atoms with Crippen LogP contribution >= 0.6 is 0 Å². The molecular weight excluding hydrogens is 418 g/mol. The first kappa shape index (κ1) is 23.2. The van der Waals surface area contributed by atoms with Gasteiger partial charge < -0.3 is 20.4 Å². The highest BCUT2D eigenvalue weighted by atomic mass is 16.5. The molecule has 2 aromatic heterocycles. The van der Waals surface area contributed by atoms with Gasteiger partial charge in [0.2, 0.25) is 0 Å². The minimum Gasteiger partial charge on any atom is -0.398 e. The highest BCUT2D eigenvalue weighted by Crippen LogP contribution is 2.16. The highest BCUT2D eigenvalue weighted by molar-refractivity contribution is 5.99. The normalized spacial score (nSPS) is 15.2. The first-order valence-corrected chi connectivity index (χ1v) is 11.6. The van der Waals surface area contributed by atoms with E-state index in [1.54, 1.807) is 12.1 Å². The first-order valence-electron chi connectivity index (χ1n) is 11.6. The van der Waals surface area contributed by atoms with Crippen LogP contribution in [0.2, 0.25) is 0 Å². The van der Waals surface area contributed by atoms with E-state index in [1.807, 2.05) is 37.4 Å².